The summed E-state index contributed by atoms with van der Waals surface area (Å²) in [4.78, 5) is 95.3. The maximum absolute atomic E-state index is 12.6. The van der Waals surface area contributed by atoms with Crippen molar-refractivity contribution in [2.24, 2.45) is 0 Å². The van der Waals surface area contributed by atoms with Crippen LogP contribution in [0.3, 0.4) is 0 Å². The van der Waals surface area contributed by atoms with Crippen molar-refractivity contribution < 1.29 is 52.7 Å². The van der Waals surface area contributed by atoms with Crippen molar-refractivity contribution >= 4 is 114 Å². The highest BCUT2D eigenvalue weighted by atomic mass is 32.2. The van der Waals surface area contributed by atoms with Crippen LogP contribution in [0, 0.1) is 18.3 Å². The number of amides is 1. The Labute approximate surface area is 742 Å². The van der Waals surface area contributed by atoms with Crippen molar-refractivity contribution in [3.05, 3.63) is 273 Å². The van der Waals surface area contributed by atoms with Gasteiger partial charge in [-0.25, -0.2) is 100 Å². The zero-order valence-electron chi connectivity index (χ0n) is 68.2. The number of sulfone groups is 3. The fourth-order valence-corrected chi connectivity index (χ4v) is 14.6. The minimum atomic E-state index is -3.27. The highest BCUT2D eigenvalue weighted by molar-refractivity contribution is 7.91. The van der Waals surface area contributed by atoms with Crippen LogP contribution in [0.25, 0.3) is 147 Å². The average Bonchev–Trinajstić information content (AvgIpc) is 1.75. The van der Waals surface area contributed by atoms with E-state index in [1.807, 2.05) is 85.8 Å². The number of rotatable bonds is 15. The lowest BCUT2D eigenvalue weighted by molar-refractivity contribution is 0.102. The van der Waals surface area contributed by atoms with E-state index in [9.17, 15) is 35.2 Å². The summed E-state index contributed by atoms with van der Waals surface area (Å²) in [5, 5.41) is 21.7. The third kappa shape index (κ3) is 19.6. The number of hydrogen-bond acceptors (Lipinski definition) is 31. The topological polar surface area (TPSA) is 584 Å². The number of nitrogens with zero attached hydrogens (tertiary/aromatic N) is 17. The van der Waals surface area contributed by atoms with Gasteiger partial charge in [0, 0.05) is 78.0 Å². The maximum atomic E-state index is 12.6. The Morgan fingerprint density at radius 2 is 0.844 bits per heavy atom. The number of phenolic OH excluding ortho intramolecular Hbond substituents is 1. The predicted molar refractivity (Wildman–Crippen MR) is 506 cm³/mol. The number of nitrogens with one attached hydrogen (secondary N) is 5. The Hall–Kier alpha value is -17.3. The van der Waals surface area contributed by atoms with E-state index in [1.54, 1.807) is 116 Å². The second kappa shape index (κ2) is 36.4. The molecule has 1 amide bonds. The molecule has 0 bridgehead atoms. The summed E-state index contributed by atoms with van der Waals surface area (Å²) in [7, 11) is -8.26. The van der Waals surface area contributed by atoms with Crippen LogP contribution in [0.15, 0.2) is 271 Å². The first kappa shape index (κ1) is 85.7. The van der Waals surface area contributed by atoms with Gasteiger partial charge in [0.1, 0.15) is 39.8 Å². The summed E-state index contributed by atoms with van der Waals surface area (Å²) in [6.07, 6.45) is 16.2. The third-order valence-electron chi connectivity index (χ3n) is 19.2. The van der Waals surface area contributed by atoms with Crippen molar-refractivity contribution in [2.75, 3.05) is 59.9 Å². The van der Waals surface area contributed by atoms with Gasteiger partial charge in [-0.1, -0.05) is 91.0 Å². The van der Waals surface area contributed by atoms with E-state index < -0.39 is 35.4 Å². The maximum Gasteiger partial charge on any atom is 0.278 e. The molecule has 654 valence electrons. The molecule has 0 aliphatic rings. The van der Waals surface area contributed by atoms with Gasteiger partial charge in [-0.15, -0.1) is 0 Å². The van der Waals surface area contributed by atoms with E-state index >= 15 is 0 Å². The second-order valence-electron chi connectivity index (χ2n) is 28.4. The molecule has 0 saturated carbocycles. The molecular formula is C89H91N27O9S3. The molecule has 0 aliphatic carbocycles. The number of para-hydroxylation sites is 3. The molecule has 0 fully saturated rings. The smallest absolute Gasteiger partial charge is 0.278 e. The number of carbonyl (C=O) groups excluding carboxylic acids is 1. The number of nitrogen functional groups attached to an aromatic ring is 5. The lowest BCUT2D eigenvalue weighted by atomic mass is 10.1. The van der Waals surface area contributed by atoms with E-state index in [0.29, 0.717) is 131 Å². The van der Waals surface area contributed by atoms with Gasteiger partial charge < -0.3 is 63.8 Å². The SMILES string of the molecule is COc1ccc(C)cc1NC(=O)c1nc(-c2cccnc2)cnc1N.CS(=O)(=O)c1ccc(-c2cnc(N)c(-c3nc4c(O)cccc4[nH]3)n2)cc1.CS(=O)(=O)c1ccc(-c2cnc(N)c(-c3nc4ccc(C#N)cc4[nH]3)n2)cc1.CS(=O)(=O)c1ccc(-c2cnc(N)c(-c3nc4ncccc4[nH]3)n2)cc1.Nc1ncc(-c2ccccc2)nc1-c1nc2ccccc2[nH]1.[HH].[HH].[HH].[HH].[HH].[HH].[HH].[HH].[HH]. The number of nitrogens with two attached hydrogens (primary N) is 5. The number of aromatic amines is 4. The number of methoxy groups -OCH3 is 1. The van der Waals surface area contributed by atoms with Crippen molar-refractivity contribution in [2.45, 2.75) is 21.6 Å². The number of fused-ring (bicyclic) bond motifs is 4. The molecule has 36 nitrogen and oxygen atoms in total. The molecule has 11 aromatic heterocycles. The molecule has 11 heterocycles. The first-order valence-electron chi connectivity index (χ1n) is 38.3. The fourth-order valence-electron chi connectivity index (χ4n) is 12.7. The number of aromatic hydroxyl groups is 1. The fraction of sp³-hybridized carbons (Fsp3) is 0.0562. The molecular weight excluding hydrogens is 1690 g/mol. The molecule has 0 saturated heterocycles. The van der Waals surface area contributed by atoms with Gasteiger partial charge in [0.2, 0.25) is 0 Å². The number of ether oxygens (including phenoxy) is 1. The third-order valence-corrected chi connectivity index (χ3v) is 22.6. The molecule has 8 aromatic carbocycles. The van der Waals surface area contributed by atoms with E-state index in [0.717, 1.165) is 57.0 Å². The summed E-state index contributed by atoms with van der Waals surface area (Å²) < 4.78 is 74.9. The normalized spacial score (nSPS) is 11.2. The first-order chi connectivity index (χ1) is 61.5. The monoisotopic (exact) mass is 1780 g/mol. The van der Waals surface area contributed by atoms with Crippen LogP contribution in [0.1, 0.15) is 34.5 Å². The molecule has 0 radical (unpaired) electrons. The highest BCUT2D eigenvalue weighted by Crippen LogP contribution is 2.35. The van der Waals surface area contributed by atoms with Crippen LogP contribution in [-0.2, 0) is 29.5 Å². The van der Waals surface area contributed by atoms with Gasteiger partial charge in [-0.3, -0.25) is 9.78 Å². The molecule has 19 rings (SSSR count). The van der Waals surface area contributed by atoms with Crippen molar-refractivity contribution in [1.29, 1.82) is 5.26 Å². The van der Waals surface area contributed by atoms with Crippen LogP contribution >= 0.6 is 0 Å². The van der Waals surface area contributed by atoms with Gasteiger partial charge in [0.05, 0.1) is 132 Å². The molecule has 16 N–H and O–H groups in total. The molecule has 0 unspecified atom stereocenters. The zero-order chi connectivity index (χ0) is 90.1. The van der Waals surface area contributed by atoms with Crippen LogP contribution < -0.4 is 38.7 Å². The van der Waals surface area contributed by atoms with Crippen molar-refractivity contribution in [3.63, 3.8) is 0 Å². The number of H-pyrrole nitrogens is 4. The Bertz CT molecular complexity index is 7800. The van der Waals surface area contributed by atoms with E-state index in [1.165, 1.54) is 74.6 Å². The van der Waals surface area contributed by atoms with E-state index in [2.05, 4.69) is 111 Å². The summed E-state index contributed by atoms with van der Waals surface area (Å²) in [6.45, 7) is 1.92. The second-order valence-corrected chi connectivity index (χ2v) is 34.4. The summed E-state index contributed by atoms with van der Waals surface area (Å²) in [5.41, 5.74) is 45.9. The lowest BCUT2D eigenvalue weighted by Crippen LogP contribution is -2.17. The number of hydrogen-bond donors (Lipinski definition) is 11. The number of aryl methyl sites for hydroxylation is 1. The van der Waals surface area contributed by atoms with Gasteiger partial charge in [-0.05, 0) is 128 Å². The van der Waals surface area contributed by atoms with E-state index in [4.69, 9.17) is 38.7 Å². The molecule has 0 atom stereocenters. The average molecular weight is 1780 g/mol. The minimum absolute atomic E-state index is 0. The number of anilines is 6. The number of phenols is 1. The van der Waals surface area contributed by atoms with E-state index in [-0.39, 0.29) is 62.2 Å². The van der Waals surface area contributed by atoms with Crippen molar-refractivity contribution in [1.82, 2.24) is 99.7 Å². The zero-order valence-corrected chi connectivity index (χ0v) is 70.6. The number of aromatic nitrogens is 20. The molecule has 0 spiro atoms. The van der Waals surface area contributed by atoms with Crippen LogP contribution in [0.4, 0.5) is 34.8 Å². The van der Waals surface area contributed by atoms with Gasteiger partial charge >= 0.3 is 0 Å². The standard InChI is InChI=1S/C19H14N6O2S.C18H15N5O3S.C18H17N5O2.C17H14N6O2S.C17H13N5.9H2/c1-28(26,27)13-5-3-12(4-6-13)16-10-22-18(21)17(23-16)19-24-14-7-2-11(9-20)8-15(14)25-19;1-27(25,26)11-7-5-10(6-8-11)13-9-20-17(19)16(21-13)18-22-12-3-2-4-14(24)15(12)23-18;1-11-5-6-15(25-2)13(8-11)23-18(24)16-17(19)21-10-14(22-16)12-4-3-7-20-9-12;1-26(24,25)11-6-4-10(5-7-11)13-9-20-15(18)14(21-13)17-22-12-3-2-8-19-16(12)23-17;18-16-15(17-21-12-8-4-5-9-13(12)22-17)20-14(10-19-16)11-6-2-1-3-7-11;;;;;;;;;/h2-8,10H,1H3,(H2,21,22)(H,24,25);2-9,24H,1H3,(H2,19,20)(H,22,23);3-10H,1-2H3,(H2,19,21)(H,23,24);2-9H,1H3,(H2,18,20)(H,19,22,23);1-10H,(H2,18,19)(H,21,22);9*1H. The number of imidazole rings is 4. The molecule has 0 aliphatic heterocycles. The van der Waals surface area contributed by atoms with Gasteiger partial charge in [0.15, 0.2) is 93.2 Å². The Kier molecular flexibility index (Phi) is 24.4. The molecule has 128 heavy (non-hydrogen) atoms. The van der Waals surface area contributed by atoms with Crippen molar-refractivity contribution in [3.8, 4) is 120 Å². The minimum Gasteiger partial charge on any atom is -0.506 e. The molecule has 19 aromatic rings. The van der Waals surface area contributed by atoms with Crippen LogP contribution in [0.5, 0.6) is 11.5 Å². The number of nitriles is 1. The predicted octanol–water partition coefficient (Wildman–Crippen LogP) is 15.2. The lowest BCUT2D eigenvalue weighted by Gasteiger charge is -2.12. The Morgan fingerprint density at radius 1 is 0.414 bits per heavy atom. The largest absolute Gasteiger partial charge is 0.506 e. The first-order valence-corrected chi connectivity index (χ1v) is 44.0. The quantitative estimate of drug-likeness (QED) is 0.0454. The Morgan fingerprint density at radius 3 is 1.33 bits per heavy atom. The number of benzene rings is 8. The number of carbonyl (C=O) groups is 1. The highest BCUT2D eigenvalue weighted by Gasteiger charge is 2.23. The summed E-state index contributed by atoms with van der Waals surface area (Å²) >= 11 is 0. The summed E-state index contributed by atoms with van der Waals surface area (Å²) in [6, 6.07) is 61.8. The Balaban J connectivity index is 0.000000259. The van der Waals surface area contributed by atoms with Gasteiger partial charge in [-0.2, -0.15) is 5.26 Å². The molecule has 39 heteroatoms. The van der Waals surface area contributed by atoms with Gasteiger partial charge in [0.25, 0.3) is 5.91 Å². The number of pyridine rings is 2. The van der Waals surface area contributed by atoms with Crippen LogP contribution in [0.2, 0.25) is 0 Å². The van der Waals surface area contributed by atoms with Crippen LogP contribution in [-0.4, -0.2) is 162 Å². The summed E-state index contributed by atoms with van der Waals surface area (Å²) in [5.74, 6) is 3.10.